The summed E-state index contributed by atoms with van der Waals surface area (Å²) in [5.74, 6) is 0. The molecule has 1 aromatic rings. The molecule has 1 saturated carbocycles. The molecule has 1 aliphatic rings. The van der Waals surface area contributed by atoms with Crippen molar-refractivity contribution in [3.05, 3.63) is 18.0 Å². The smallest absolute Gasteiger partial charge is 0.315 e. The van der Waals surface area contributed by atoms with Crippen molar-refractivity contribution in [2.24, 2.45) is 0 Å². The lowest BCUT2D eigenvalue weighted by Gasteiger charge is -2.28. The van der Waals surface area contributed by atoms with Crippen molar-refractivity contribution in [3.8, 4) is 0 Å². The van der Waals surface area contributed by atoms with Gasteiger partial charge in [-0.3, -0.25) is 4.68 Å². The van der Waals surface area contributed by atoms with Crippen LogP contribution in [0, 0.1) is 0 Å². The molecule has 22 heavy (non-hydrogen) atoms. The van der Waals surface area contributed by atoms with Crippen LogP contribution in [0.25, 0.3) is 0 Å². The molecule has 1 atom stereocenters. The first-order valence-corrected chi connectivity index (χ1v) is 8.27. The lowest BCUT2D eigenvalue weighted by Crippen LogP contribution is -2.52. The number of aromatic nitrogens is 2. The summed E-state index contributed by atoms with van der Waals surface area (Å²) in [6, 6.07) is 2.21. The van der Waals surface area contributed by atoms with Crippen LogP contribution in [0.15, 0.2) is 12.3 Å². The number of aliphatic hydroxyl groups excluding tert-OH is 1. The number of amides is 2. The predicted octanol–water partition coefficient (Wildman–Crippen LogP) is 2.35. The molecule has 0 spiro atoms. The van der Waals surface area contributed by atoms with E-state index >= 15 is 0 Å². The van der Waals surface area contributed by atoms with Crippen molar-refractivity contribution in [3.63, 3.8) is 0 Å². The van der Waals surface area contributed by atoms with Gasteiger partial charge in [0.05, 0.1) is 30.4 Å². The summed E-state index contributed by atoms with van der Waals surface area (Å²) < 4.78 is 2.02. The minimum atomic E-state index is -0.567. The highest BCUT2D eigenvalue weighted by atomic mass is 16.3. The van der Waals surface area contributed by atoms with Gasteiger partial charge in [-0.1, -0.05) is 26.2 Å². The molecule has 0 bridgehead atoms. The van der Waals surface area contributed by atoms with Crippen molar-refractivity contribution in [2.45, 2.75) is 70.5 Å². The van der Waals surface area contributed by atoms with Crippen molar-refractivity contribution in [2.75, 3.05) is 6.61 Å². The van der Waals surface area contributed by atoms with Crippen LogP contribution in [0.5, 0.6) is 0 Å². The third-order valence-corrected chi connectivity index (χ3v) is 4.36. The third kappa shape index (κ3) is 4.47. The molecule has 1 unspecified atom stereocenters. The Morgan fingerprint density at radius 1 is 1.50 bits per heavy atom. The molecule has 0 radical (unpaired) electrons. The van der Waals surface area contributed by atoms with E-state index in [1.807, 2.05) is 30.8 Å². The summed E-state index contributed by atoms with van der Waals surface area (Å²) in [4.78, 5) is 12.0. The first-order valence-electron chi connectivity index (χ1n) is 8.27. The number of rotatable bonds is 7. The fourth-order valence-electron chi connectivity index (χ4n) is 3.07. The summed E-state index contributed by atoms with van der Waals surface area (Å²) in [6.45, 7) is 4.22. The molecule has 2 rings (SSSR count). The van der Waals surface area contributed by atoms with Crippen molar-refractivity contribution < 1.29 is 9.90 Å². The number of nitrogens with one attached hydrogen (secondary N) is 2. The third-order valence-electron chi connectivity index (χ3n) is 4.36. The maximum absolute atomic E-state index is 12.0. The van der Waals surface area contributed by atoms with Crippen molar-refractivity contribution in [1.82, 2.24) is 20.4 Å². The molecule has 0 aliphatic heterocycles. The monoisotopic (exact) mass is 308 g/mol. The number of carbonyl (C=O) groups is 1. The van der Waals surface area contributed by atoms with Crippen LogP contribution in [0.3, 0.4) is 0 Å². The minimum absolute atomic E-state index is 0.0649. The van der Waals surface area contributed by atoms with E-state index in [-0.39, 0.29) is 12.6 Å². The van der Waals surface area contributed by atoms with Crippen molar-refractivity contribution >= 4 is 6.03 Å². The lowest BCUT2D eigenvalue weighted by molar-refractivity contribution is 0.163. The molecular weight excluding hydrogens is 280 g/mol. The lowest BCUT2D eigenvalue weighted by atomic mass is 9.98. The Hall–Kier alpha value is -1.56. The highest BCUT2D eigenvalue weighted by molar-refractivity contribution is 5.74. The second-order valence-electron chi connectivity index (χ2n) is 6.50. The topological polar surface area (TPSA) is 79.2 Å². The second kappa shape index (κ2) is 7.63. The van der Waals surface area contributed by atoms with E-state index in [1.165, 1.54) is 25.7 Å². The molecule has 0 aromatic carbocycles. The number of nitrogens with zero attached hydrogens (tertiary/aromatic N) is 2. The molecule has 6 heteroatoms. The Balaban J connectivity index is 1.81. The summed E-state index contributed by atoms with van der Waals surface area (Å²) >= 11 is 0. The average Bonchev–Trinajstić information content (AvgIpc) is 3.16. The highest BCUT2D eigenvalue weighted by Crippen LogP contribution is 2.28. The zero-order chi connectivity index (χ0) is 16.0. The van der Waals surface area contributed by atoms with Crippen LogP contribution in [0.1, 0.15) is 64.1 Å². The fraction of sp³-hybridized carbons (Fsp3) is 0.750. The SMILES string of the molecule is CCCC(C)(CO)NC(=O)NCc1ccn(C2CCCC2)n1. The molecule has 124 valence electrons. The van der Waals surface area contributed by atoms with E-state index in [9.17, 15) is 9.90 Å². The van der Waals surface area contributed by atoms with Gasteiger partial charge in [-0.05, 0) is 32.3 Å². The standard InChI is InChI=1S/C16H28N4O2/c1-3-9-16(2,12-21)18-15(22)17-11-13-8-10-20(19-13)14-6-4-5-7-14/h8,10,14,21H,3-7,9,11-12H2,1-2H3,(H2,17,18,22). The van der Waals surface area contributed by atoms with E-state index in [4.69, 9.17) is 0 Å². The molecule has 1 aromatic heterocycles. The van der Waals surface area contributed by atoms with Crippen LogP contribution in [-0.4, -0.2) is 33.1 Å². The molecule has 1 fully saturated rings. The Bertz CT molecular complexity index is 482. The summed E-state index contributed by atoms with van der Waals surface area (Å²) in [5, 5.41) is 19.6. The molecule has 2 amide bonds. The predicted molar refractivity (Wildman–Crippen MR) is 85.5 cm³/mol. The number of hydrogen-bond acceptors (Lipinski definition) is 3. The van der Waals surface area contributed by atoms with Gasteiger partial charge in [0.1, 0.15) is 0 Å². The van der Waals surface area contributed by atoms with E-state index in [2.05, 4.69) is 15.7 Å². The van der Waals surface area contributed by atoms with Gasteiger partial charge in [0.25, 0.3) is 0 Å². The molecular formula is C16H28N4O2. The zero-order valence-electron chi connectivity index (χ0n) is 13.6. The quantitative estimate of drug-likeness (QED) is 0.723. The van der Waals surface area contributed by atoms with Crippen LogP contribution in [-0.2, 0) is 6.54 Å². The first-order chi connectivity index (χ1) is 10.6. The first kappa shape index (κ1) is 16.8. The molecule has 0 saturated heterocycles. The number of urea groups is 1. The Kier molecular flexibility index (Phi) is 5.83. The average molecular weight is 308 g/mol. The van der Waals surface area contributed by atoms with E-state index < -0.39 is 5.54 Å². The highest BCUT2D eigenvalue weighted by Gasteiger charge is 2.24. The van der Waals surface area contributed by atoms with Gasteiger partial charge < -0.3 is 15.7 Å². The number of aliphatic hydroxyl groups is 1. The summed E-state index contributed by atoms with van der Waals surface area (Å²) in [6.07, 6.45) is 8.59. The van der Waals surface area contributed by atoms with E-state index in [0.29, 0.717) is 12.6 Å². The Labute approximate surface area is 132 Å². The molecule has 6 nitrogen and oxygen atoms in total. The van der Waals surface area contributed by atoms with Gasteiger partial charge in [-0.15, -0.1) is 0 Å². The summed E-state index contributed by atoms with van der Waals surface area (Å²) in [5.41, 5.74) is 0.297. The van der Waals surface area contributed by atoms with Gasteiger partial charge in [0.15, 0.2) is 0 Å². The van der Waals surface area contributed by atoms with E-state index in [1.54, 1.807) is 0 Å². The fourth-order valence-corrected chi connectivity index (χ4v) is 3.07. The molecule has 3 N–H and O–H groups in total. The van der Waals surface area contributed by atoms with Gasteiger partial charge in [-0.25, -0.2) is 4.79 Å². The molecule has 1 aliphatic carbocycles. The van der Waals surface area contributed by atoms with Gasteiger partial charge in [0, 0.05) is 6.20 Å². The second-order valence-corrected chi connectivity index (χ2v) is 6.50. The van der Waals surface area contributed by atoms with Crippen LogP contribution >= 0.6 is 0 Å². The largest absolute Gasteiger partial charge is 0.394 e. The normalized spacial score (nSPS) is 18.1. The Morgan fingerprint density at radius 3 is 2.86 bits per heavy atom. The maximum Gasteiger partial charge on any atom is 0.315 e. The molecule has 1 heterocycles. The summed E-state index contributed by atoms with van der Waals surface area (Å²) in [7, 11) is 0. The van der Waals surface area contributed by atoms with Crippen LogP contribution < -0.4 is 10.6 Å². The van der Waals surface area contributed by atoms with Gasteiger partial charge in [0.2, 0.25) is 0 Å². The van der Waals surface area contributed by atoms with Gasteiger partial charge >= 0.3 is 6.03 Å². The van der Waals surface area contributed by atoms with Crippen LogP contribution in [0.4, 0.5) is 4.79 Å². The Morgan fingerprint density at radius 2 is 2.23 bits per heavy atom. The van der Waals surface area contributed by atoms with E-state index in [0.717, 1.165) is 18.5 Å². The minimum Gasteiger partial charge on any atom is -0.394 e. The zero-order valence-corrected chi connectivity index (χ0v) is 13.6. The van der Waals surface area contributed by atoms with Crippen LogP contribution in [0.2, 0.25) is 0 Å². The maximum atomic E-state index is 12.0. The van der Waals surface area contributed by atoms with Crippen molar-refractivity contribution in [1.29, 1.82) is 0 Å². The number of hydrogen-bond donors (Lipinski definition) is 3. The number of carbonyl (C=O) groups excluding carboxylic acids is 1. The van der Waals surface area contributed by atoms with Gasteiger partial charge in [-0.2, -0.15) is 5.10 Å².